The molecule has 0 atom stereocenters. The van der Waals surface area contributed by atoms with Crippen molar-refractivity contribution in [1.29, 1.82) is 0 Å². The van der Waals surface area contributed by atoms with E-state index in [1.165, 1.54) is 43.4 Å². The molecule has 6 aromatic carbocycles. The van der Waals surface area contributed by atoms with Gasteiger partial charge in [-0.25, -0.2) is 0 Å². The first kappa shape index (κ1) is 20.3. The van der Waals surface area contributed by atoms with Crippen LogP contribution in [0, 0.1) is 11.5 Å². The van der Waals surface area contributed by atoms with Gasteiger partial charge in [-0.1, -0.05) is 98.4 Å². The molecule has 1 heterocycles. The Labute approximate surface area is 205 Å². The van der Waals surface area contributed by atoms with Crippen molar-refractivity contribution in [3.8, 4) is 22.6 Å². The summed E-state index contributed by atoms with van der Waals surface area (Å²) in [7, 11) is -1.48. The maximum atomic E-state index is 6.33. The second-order valence-electron chi connectivity index (χ2n) is 10.5. The number of hydrogen-bond donors (Lipinski definition) is 0. The third kappa shape index (κ3) is 3.16. The van der Waals surface area contributed by atoms with Crippen molar-refractivity contribution >= 4 is 62.3 Å². The molecule has 1 aromatic heterocycles. The van der Waals surface area contributed by atoms with E-state index in [-0.39, 0.29) is 0 Å². The summed E-state index contributed by atoms with van der Waals surface area (Å²) in [5.41, 5.74) is 8.72. The molecule has 2 heteroatoms. The monoisotopic (exact) mass is 464 g/mol. The molecule has 0 unspecified atom stereocenters. The zero-order valence-electron chi connectivity index (χ0n) is 20.1. The molecule has 0 amide bonds. The number of para-hydroxylation sites is 1. The van der Waals surface area contributed by atoms with Crippen LogP contribution in [0.25, 0.3) is 65.4 Å². The smallest absolute Gasteiger partial charge is 0.151 e. The summed E-state index contributed by atoms with van der Waals surface area (Å²) in [6, 6.07) is 33.0. The summed E-state index contributed by atoms with van der Waals surface area (Å²) in [5, 5.41) is 10.1. The van der Waals surface area contributed by atoms with Crippen LogP contribution in [0.4, 0.5) is 0 Å². The second kappa shape index (κ2) is 7.22. The van der Waals surface area contributed by atoms with Crippen molar-refractivity contribution in [2.45, 2.75) is 19.6 Å². The van der Waals surface area contributed by atoms with Gasteiger partial charge in [0.05, 0.1) is 5.56 Å². The Kier molecular flexibility index (Phi) is 4.19. The molecular formula is C33H24OSi. The molecule has 0 aliphatic rings. The average molecular weight is 465 g/mol. The summed E-state index contributed by atoms with van der Waals surface area (Å²) in [5.74, 6) is 3.41. The molecule has 166 valence electrons. The second-order valence-corrected chi connectivity index (χ2v) is 15.2. The zero-order chi connectivity index (χ0) is 23.7. The van der Waals surface area contributed by atoms with Gasteiger partial charge in [-0.3, -0.25) is 0 Å². The van der Waals surface area contributed by atoms with Gasteiger partial charge in [0.1, 0.15) is 13.7 Å². The summed E-state index contributed by atoms with van der Waals surface area (Å²) >= 11 is 0. The van der Waals surface area contributed by atoms with Gasteiger partial charge >= 0.3 is 0 Å². The number of fused-ring (bicyclic) bond motifs is 3. The van der Waals surface area contributed by atoms with Gasteiger partial charge in [-0.15, -0.1) is 5.54 Å². The molecule has 1 nitrogen and oxygen atoms in total. The van der Waals surface area contributed by atoms with Crippen molar-refractivity contribution in [2.24, 2.45) is 0 Å². The molecule has 0 saturated carbocycles. The first-order valence-corrected chi connectivity index (χ1v) is 15.6. The first-order valence-electron chi connectivity index (χ1n) is 12.1. The zero-order valence-corrected chi connectivity index (χ0v) is 21.1. The van der Waals surface area contributed by atoms with Gasteiger partial charge in [0.25, 0.3) is 0 Å². The summed E-state index contributed by atoms with van der Waals surface area (Å²) in [4.78, 5) is 0. The molecule has 0 fully saturated rings. The number of benzene rings is 6. The van der Waals surface area contributed by atoms with Gasteiger partial charge in [0.2, 0.25) is 0 Å². The van der Waals surface area contributed by atoms with Crippen LogP contribution in [0.2, 0.25) is 19.6 Å². The molecule has 0 aliphatic heterocycles. The number of hydrogen-bond acceptors (Lipinski definition) is 1. The quantitative estimate of drug-likeness (QED) is 0.134. The van der Waals surface area contributed by atoms with Crippen LogP contribution in [-0.4, -0.2) is 8.07 Å². The minimum absolute atomic E-state index is 0.890. The van der Waals surface area contributed by atoms with E-state index in [1.807, 2.05) is 0 Å². The van der Waals surface area contributed by atoms with E-state index >= 15 is 0 Å². The van der Waals surface area contributed by atoms with Gasteiger partial charge in [0.15, 0.2) is 5.58 Å². The Morgan fingerprint density at radius 2 is 1.34 bits per heavy atom. The molecule has 0 bridgehead atoms. The lowest BCUT2D eigenvalue weighted by molar-refractivity contribution is 0.668. The topological polar surface area (TPSA) is 13.1 Å². The van der Waals surface area contributed by atoms with Crippen molar-refractivity contribution in [3.63, 3.8) is 0 Å². The van der Waals surface area contributed by atoms with Crippen molar-refractivity contribution in [3.05, 3.63) is 96.6 Å². The normalized spacial score (nSPS) is 12.2. The van der Waals surface area contributed by atoms with Gasteiger partial charge in [0, 0.05) is 10.8 Å². The van der Waals surface area contributed by atoms with E-state index in [4.69, 9.17) is 4.42 Å². The van der Waals surface area contributed by atoms with E-state index in [9.17, 15) is 0 Å². The van der Waals surface area contributed by atoms with Crippen LogP contribution >= 0.6 is 0 Å². The molecule has 0 spiro atoms. The highest BCUT2D eigenvalue weighted by atomic mass is 28.3. The molecular weight excluding hydrogens is 440 g/mol. The highest BCUT2D eigenvalue weighted by Gasteiger charge is 2.15. The predicted octanol–water partition coefficient (Wildman–Crippen LogP) is 9.38. The molecule has 0 N–H and O–H groups in total. The van der Waals surface area contributed by atoms with Crippen LogP contribution in [0.3, 0.4) is 0 Å². The predicted molar refractivity (Wildman–Crippen MR) is 153 cm³/mol. The summed E-state index contributed by atoms with van der Waals surface area (Å²) in [6.07, 6.45) is 0. The lowest BCUT2D eigenvalue weighted by atomic mass is 9.89. The van der Waals surface area contributed by atoms with Crippen LogP contribution in [-0.2, 0) is 0 Å². The molecule has 0 saturated heterocycles. The Balaban J connectivity index is 1.48. The molecule has 0 aliphatic carbocycles. The molecule has 7 aromatic rings. The summed E-state index contributed by atoms with van der Waals surface area (Å²) in [6.45, 7) is 6.80. The Hall–Kier alpha value is -4.06. The minimum Gasteiger partial charge on any atom is -0.455 e. The maximum absolute atomic E-state index is 6.33. The van der Waals surface area contributed by atoms with Gasteiger partial charge in [-0.2, -0.15) is 0 Å². The third-order valence-corrected chi connectivity index (χ3v) is 7.78. The SMILES string of the molecule is C[Si](C)(C)C#Cc1cccc2c1oc1ccc(-c3ccc4ccc5cccc6ccc3c4c56)cc12. The van der Waals surface area contributed by atoms with Crippen LogP contribution in [0.1, 0.15) is 5.56 Å². The third-order valence-electron chi connectivity index (χ3n) is 6.91. The fourth-order valence-electron chi connectivity index (χ4n) is 5.31. The highest BCUT2D eigenvalue weighted by molar-refractivity contribution is 6.83. The van der Waals surface area contributed by atoms with Gasteiger partial charge in [-0.05, 0) is 61.6 Å². The minimum atomic E-state index is -1.48. The van der Waals surface area contributed by atoms with E-state index < -0.39 is 8.07 Å². The average Bonchev–Trinajstić information content (AvgIpc) is 3.24. The fraction of sp³-hybridized carbons (Fsp3) is 0.0909. The van der Waals surface area contributed by atoms with Crippen molar-refractivity contribution in [1.82, 2.24) is 0 Å². The van der Waals surface area contributed by atoms with E-state index in [0.717, 1.165) is 27.5 Å². The number of rotatable bonds is 1. The summed E-state index contributed by atoms with van der Waals surface area (Å²) < 4.78 is 6.33. The molecule has 35 heavy (non-hydrogen) atoms. The first-order chi connectivity index (χ1) is 17.0. The van der Waals surface area contributed by atoms with Gasteiger partial charge < -0.3 is 4.42 Å². The maximum Gasteiger partial charge on any atom is 0.151 e. The number of furan rings is 1. The Bertz CT molecular complexity index is 1970. The van der Waals surface area contributed by atoms with Crippen LogP contribution in [0.5, 0.6) is 0 Å². The van der Waals surface area contributed by atoms with Crippen molar-refractivity contribution < 1.29 is 4.42 Å². The fourth-order valence-corrected chi connectivity index (χ4v) is 5.82. The largest absolute Gasteiger partial charge is 0.455 e. The standard InChI is InChI=1S/C33H24OSi/c1-35(2,3)19-18-24-8-5-9-28-29-20-25(14-17-30(29)34-33(24)28)26-15-12-23-11-10-21-6-4-7-22-13-16-27(26)32(23)31(21)22/h4-17,20H,1-3H3. The Morgan fingerprint density at radius 3 is 2.14 bits per heavy atom. The Morgan fingerprint density at radius 1 is 0.629 bits per heavy atom. The van der Waals surface area contributed by atoms with E-state index in [1.54, 1.807) is 0 Å². The highest BCUT2D eigenvalue weighted by Crippen LogP contribution is 2.40. The van der Waals surface area contributed by atoms with Crippen molar-refractivity contribution in [2.75, 3.05) is 0 Å². The lowest BCUT2D eigenvalue weighted by Gasteiger charge is -2.14. The van der Waals surface area contributed by atoms with E-state index in [0.29, 0.717) is 0 Å². The molecule has 0 radical (unpaired) electrons. The molecule has 7 rings (SSSR count). The van der Waals surface area contributed by atoms with Crippen LogP contribution in [0.15, 0.2) is 95.4 Å². The van der Waals surface area contributed by atoms with Crippen LogP contribution < -0.4 is 0 Å². The van der Waals surface area contributed by atoms with E-state index in [2.05, 4.69) is 122 Å². The lowest BCUT2D eigenvalue weighted by Crippen LogP contribution is -2.16.